The largest absolute Gasteiger partial charge is 0.394 e. The Morgan fingerprint density at radius 3 is 2.43 bits per heavy atom. The fraction of sp³-hybridized carbons (Fsp3) is 0.471. The van der Waals surface area contributed by atoms with Gasteiger partial charge in [0.15, 0.2) is 0 Å². The highest BCUT2D eigenvalue weighted by Gasteiger charge is 2.20. The van der Waals surface area contributed by atoms with Gasteiger partial charge in [-0.15, -0.1) is 0 Å². The minimum Gasteiger partial charge on any atom is -0.394 e. The molecule has 0 spiro atoms. The molecule has 1 unspecified atom stereocenters. The van der Waals surface area contributed by atoms with Crippen LogP contribution in [0.2, 0.25) is 0 Å². The average Bonchev–Trinajstić information content (AvgIpc) is 2.79. The third-order valence-corrected chi connectivity index (χ3v) is 4.01. The molecule has 1 heterocycles. The Morgan fingerprint density at radius 2 is 1.90 bits per heavy atom. The van der Waals surface area contributed by atoms with Crippen LogP contribution in [0.3, 0.4) is 0 Å². The molecule has 0 saturated heterocycles. The van der Waals surface area contributed by atoms with Crippen LogP contribution in [0.1, 0.15) is 48.4 Å². The number of benzene rings is 1. The van der Waals surface area contributed by atoms with E-state index in [-0.39, 0.29) is 18.7 Å². The maximum absolute atomic E-state index is 9.68. The number of aryl methyl sites for hydroxylation is 2. The van der Waals surface area contributed by atoms with E-state index in [1.54, 1.807) is 0 Å². The Hall–Kier alpha value is -1.65. The van der Waals surface area contributed by atoms with Gasteiger partial charge in [-0.3, -0.25) is 4.68 Å². The zero-order valence-electron chi connectivity index (χ0n) is 13.3. The lowest BCUT2D eigenvalue weighted by Crippen LogP contribution is -2.28. The van der Waals surface area contributed by atoms with Crippen LogP contribution in [0.15, 0.2) is 30.3 Å². The molecule has 2 rings (SSSR count). The second-order valence-corrected chi connectivity index (χ2v) is 5.43. The first-order valence-corrected chi connectivity index (χ1v) is 7.54. The van der Waals surface area contributed by atoms with Crippen LogP contribution in [0.25, 0.3) is 0 Å². The minimum atomic E-state index is -0.0648. The Kier molecular flexibility index (Phi) is 5.15. The van der Waals surface area contributed by atoms with E-state index in [2.05, 4.69) is 31.2 Å². The van der Waals surface area contributed by atoms with Gasteiger partial charge in [0.05, 0.1) is 18.3 Å². The third kappa shape index (κ3) is 3.34. The normalized spacial score (nSPS) is 14.1. The first kappa shape index (κ1) is 15.7. The molecule has 21 heavy (non-hydrogen) atoms. The van der Waals surface area contributed by atoms with Crippen LogP contribution < -0.4 is 5.32 Å². The monoisotopic (exact) mass is 287 g/mol. The molecule has 1 aromatic carbocycles. The Bertz CT molecular complexity index is 577. The lowest BCUT2D eigenvalue weighted by molar-refractivity contribution is 0.235. The van der Waals surface area contributed by atoms with Crippen LogP contribution in [0.5, 0.6) is 0 Å². The summed E-state index contributed by atoms with van der Waals surface area (Å²) in [5.74, 6) is 0. The van der Waals surface area contributed by atoms with E-state index in [1.807, 2.05) is 41.9 Å². The molecule has 0 aliphatic carbocycles. The maximum Gasteiger partial charge on any atom is 0.0644 e. The lowest BCUT2D eigenvalue weighted by Gasteiger charge is -2.22. The summed E-state index contributed by atoms with van der Waals surface area (Å²) in [7, 11) is 0. The summed E-state index contributed by atoms with van der Waals surface area (Å²) in [6.45, 7) is 9.33. The highest BCUT2D eigenvalue weighted by Crippen LogP contribution is 2.24. The Balaban J connectivity index is 2.20. The number of hydrogen-bond donors (Lipinski definition) is 2. The number of hydrogen-bond acceptors (Lipinski definition) is 3. The van der Waals surface area contributed by atoms with Crippen molar-refractivity contribution in [1.82, 2.24) is 15.1 Å². The maximum atomic E-state index is 9.68. The quantitative estimate of drug-likeness (QED) is 0.859. The second kappa shape index (κ2) is 6.87. The van der Waals surface area contributed by atoms with Crippen molar-refractivity contribution in [2.45, 2.75) is 46.3 Å². The van der Waals surface area contributed by atoms with Crippen molar-refractivity contribution in [3.63, 3.8) is 0 Å². The topological polar surface area (TPSA) is 50.1 Å². The van der Waals surface area contributed by atoms with Crippen molar-refractivity contribution in [2.24, 2.45) is 0 Å². The first-order valence-electron chi connectivity index (χ1n) is 7.54. The van der Waals surface area contributed by atoms with Crippen LogP contribution in [0.4, 0.5) is 0 Å². The van der Waals surface area contributed by atoms with Gasteiger partial charge in [0.2, 0.25) is 0 Å². The van der Waals surface area contributed by atoms with Crippen LogP contribution in [-0.2, 0) is 6.54 Å². The molecule has 0 aliphatic rings. The lowest BCUT2D eigenvalue weighted by atomic mass is 10.0. The van der Waals surface area contributed by atoms with E-state index in [9.17, 15) is 5.11 Å². The number of nitrogens with one attached hydrogen (secondary N) is 1. The highest BCUT2D eigenvalue weighted by atomic mass is 16.3. The van der Waals surface area contributed by atoms with E-state index in [1.165, 1.54) is 11.3 Å². The molecular formula is C17H25N3O. The molecule has 4 heteroatoms. The summed E-state index contributed by atoms with van der Waals surface area (Å²) in [6, 6.07) is 10.1. The van der Waals surface area contributed by atoms with Gasteiger partial charge in [-0.05, 0) is 33.3 Å². The summed E-state index contributed by atoms with van der Waals surface area (Å²) < 4.78 is 2.03. The molecule has 0 amide bonds. The fourth-order valence-electron chi connectivity index (χ4n) is 2.97. The van der Waals surface area contributed by atoms with Crippen molar-refractivity contribution >= 4 is 0 Å². The number of rotatable bonds is 6. The minimum absolute atomic E-state index is 0.0648. The molecule has 0 bridgehead atoms. The summed E-state index contributed by atoms with van der Waals surface area (Å²) in [5, 5.41) is 17.8. The molecule has 0 aliphatic heterocycles. The van der Waals surface area contributed by atoms with Crippen LogP contribution in [0, 0.1) is 13.8 Å². The fourth-order valence-corrected chi connectivity index (χ4v) is 2.97. The Labute approximate surface area is 126 Å². The molecule has 0 saturated carbocycles. The van der Waals surface area contributed by atoms with Crippen LogP contribution >= 0.6 is 0 Å². The number of aromatic nitrogens is 2. The van der Waals surface area contributed by atoms with Crippen molar-refractivity contribution in [3.05, 3.63) is 52.8 Å². The third-order valence-electron chi connectivity index (χ3n) is 4.01. The molecule has 2 N–H and O–H groups in total. The molecule has 1 aromatic heterocycles. The summed E-state index contributed by atoms with van der Waals surface area (Å²) in [4.78, 5) is 0. The number of aliphatic hydroxyl groups is 1. The standard InChI is InChI=1S/C17H25N3O/c1-5-20-14(4)17(13(3)19-20)12(2)18-16(11-21)15-9-7-6-8-10-15/h6-10,12,16,18,21H,5,11H2,1-4H3/t12?,16-/m1/s1. The van der Waals surface area contributed by atoms with Gasteiger partial charge >= 0.3 is 0 Å². The number of aliphatic hydroxyl groups excluding tert-OH is 1. The van der Waals surface area contributed by atoms with Crippen molar-refractivity contribution in [2.75, 3.05) is 6.61 Å². The van der Waals surface area contributed by atoms with Crippen LogP contribution in [-0.4, -0.2) is 21.5 Å². The van der Waals surface area contributed by atoms with Gasteiger partial charge in [0, 0.05) is 23.8 Å². The first-order chi connectivity index (χ1) is 10.1. The van der Waals surface area contributed by atoms with E-state index < -0.39 is 0 Å². The average molecular weight is 287 g/mol. The van der Waals surface area contributed by atoms with E-state index >= 15 is 0 Å². The van der Waals surface area contributed by atoms with Gasteiger partial charge < -0.3 is 10.4 Å². The predicted octanol–water partition coefficient (Wildman–Crippen LogP) is 2.90. The number of nitrogens with zero attached hydrogens (tertiary/aromatic N) is 2. The summed E-state index contributed by atoms with van der Waals surface area (Å²) >= 11 is 0. The van der Waals surface area contributed by atoms with Crippen molar-refractivity contribution in [1.29, 1.82) is 0 Å². The SMILES string of the molecule is CCn1nc(C)c(C(C)N[C@H](CO)c2ccccc2)c1C. The molecule has 114 valence electrons. The zero-order chi connectivity index (χ0) is 15.4. The van der Waals surface area contributed by atoms with Gasteiger partial charge in [-0.1, -0.05) is 30.3 Å². The van der Waals surface area contributed by atoms with Gasteiger partial charge in [0.25, 0.3) is 0 Å². The zero-order valence-corrected chi connectivity index (χ0v) is 13.3. The highest BCUT2D eigenvalue weighted by molar-refractivity contribution is 5.29. The van der Waals surface area contributed by atoms with Gasteiger partial charge in [0.1, 0.15) is 0 Å². The van der Waals surface area contributed by atoms with Gasteiger partial charge in [-0.2, -0.15) is 5.10 Å². The second-order valence-electron chi connectivity index (χ2n) is 5.43. The molecule has 2 atom stereocenters. The summed E-state index contributed by atoms with van der Waals surface area (Å²) in [5.41, 5.74) is 4.58. The molecule has 4 nitrogen and oxygen atoms in total. The van der Waals surface area contributed by atoms with Crippen molar-refractivity contribution < 1.29 is 5.11 Å². The molecular weight excluding hydrogens is 262 g/mol. The molecule has 0 fully saturated rings. The smallest absolute Gasteiger partial charge is 0.0644 e. The van der Waals surface area contributed by atoms with Crippen molar-refractivity contribution in [3.8, 4) is 0 Å². The van der Waals surface area contributed by atoms with E-state index in [4.69, 9.17) is 0 Å². The molecule has 2 aromatic rings. The predicted molar refractivity (Wildman–Crippen MR) is 85.2 cm³/mol. The molecule has 0 radical (unpaired) electrons. The van der Waals surface area contributed by atoms with Gasteiger partial charge in [-0.25, -0.2) is 0 Å². The van der Waals surface area contributed by atoms with E-state index in [0.29, 0.717) is 0 Å². The summed E-state index contributed by atoms with van der Waals surface area (Å²) in [6.07, 6.45) is 0. The Morgan fingerprint density at radius 1 is 1.24 bits per heavy atom. The van der Waals surface area contributed by atoms with E-state index in [0.717, 1.165) is 17.8 Å².